The van der Waals surface area contributed by atoms with E-state index in [0.717, 1.165) is 6.07 Å². The summed E-state index contributed by atoms with van der Waals surface area (Å²) in [5.41, 5.74) is 1.89. The average Bonchev–Trinajstić information content (AvgIpc) is 2.63. The number of amides is 1. The van der Waals surface area contributed by atoms with Crippen molar-refractivity contribution in [1.29, 1.82) is 0 Å². The maximum absolute atomic E-state index is 13.1. The van der Waals surface area contributed by atoms with E-state index in [4.69, 9.17) is 16.3 Å². The number of esters is 1. The van der Waals surface area contributed by atoms with Crippen LogP contribution in [0.5, 0.6) is 0 Å². The molecule has 1 N–H and O–H groups in total. The van der Waals surface area contributed by atoms with Crippen LogP contribution < -0.4 is 5.32 Å². The molecule has 3 rings (SSSR count). The zero-order valence-electron chi connectivity index (χ0n) is 14.6. The number of ether oxygens (including phenoxy) is 1. The fraction of sp³-hybridized carbons (Fsp3) is 0.150. The van der Waals surface area contributed by atoms with Crippen LogP contribution in [0.4, 0.5) is 10.1 Å². The first kappa shape index (κ1) is 18.8. The number of rotatable bonds is 4. The Morgan fingerprint density at radius 3 is 2.67 bits per heavy atom. The van der Waals surface area contributed by atoms with Gasteiger partial charge in [0.15, 0.2) is 6.10 Å². The molecule has 0 bridgehead atoms. The minimum atomic E-state index is -1.08. The van der Waals surface area contributed by atoms with E-state index in [9.17, 15) is 14.0 Å². The number of fused-ring (bicyclic) bond motifs is 1. The van der Waals surface area contributed by atoms with Gasteiger partial charge in [-0.15, -0.1) is 0 Å². The highest BCUT2D eigenvalue weighted by Crippen LogP contribution is 2.23. The summed E-state index contributed by atoms with van der Waals surface area (Å²) in [6, 6.07) is 12.4. The fourth-order valence-electron chi connectivity index (χ4n) is 2.58. The Labute approximate surface area is 160 Å². The number of hydrogen-bond donors (Lipinski definition) is 1. The van der Waals surface area contributed by atoms with Crippen molar-refractivity contribution in [2.45, 2.75) is 20.0 Å². The molecule has 27 heavy (non-hydrogen) atoms. The largest absolute Gasteiger partial charge is 0.449 e. The number of aromatic nitrogens is 1. The van der Waals surface area contributed by atoms with Crippen molar-refractivity contribution in [3.05, 3.63) is 70.6 Å². The number of benzene rings is 2. The van der Waals surface area contributed by atoms with Gasteiger partial charge in [-0.05, 0) is 44.2 Å². The second kappa shape index (κ2) is 7.72. The van der Waals surface area contributed by atoms with Crippen LogP contribution in [0.2, 0.25) is 5.02 Å². The Morgan fingerprint density at radius 2 is 1.93 bits per heavy atom. The van der Waals surface area contributed by atoms with Crippen LogP contribution in [0.3, 0.4) is 0 Å². The molecule has 2 aromatic carbocycles. The molecule has 1 aromatic heterocycles. The number of hydrogen-bond acceptors (Lipinski definition) is 4. The molecular formula is C20H16ClFN2O3. The molecule has 0 aliphatic rings. The van der Waals surface area contributed by atoms with E-state index >= 15 is 0 Å². The SMILES string of the molecule is Cc1cc(C(=O)OC(C)C(=O)Nc2ccc(F)cc2Cl)c2ccccc2n1. The predicted octanol–water partition coefficient (Wildman–Crippen LogP) is 4.52. The van der Waals surface area contributed by atoms with Gasteiger partial charge in [-0.2, -0.15) is 0 Å². The molecular weight excluding hydrogens is 371 g/mol. The molecule has 138 valence electrons. The summed E-state index contributed by atoms with van der Waals surface area (Å²) in [6.45, 7) is 3.22. The number of para-hydroxylation sites is 1. The van der Waals surface area contributed by atoms with Gasteiger partial charge in [-0.25, -0.2) is 9.18 Å². The molecule has 7 heteroatoms. The van der Waals surface area contributed by atoms with Crippen molar-refractivity contribution < 1.29 is 18.7 Å². The fourth-order valence-corrected chi connectivity index (χ4v) is 2.79. The van der Waals surface area contributed by atoms with Gasteiger partial charge in [0, 0.05) is 11.1 Å². The Balaban J connectivity index is 1.77. The minimum Gasteiger partial charge on any atom is -0.449 e. The first-order valence-corrected chi connectivity index (χ1v) is 8.56. The van der Waals surface area contributed by atoms with Crippen LogP contribution in [-0.4, -0.2) is 23.0 Å². The normalized spacial score (nSPS) is 11.9. The van der Waals surface area contributed by atoms with E-state index in [1.54, 1.807) is 31.2 Å². The van der Waals surface area contributed by atoms with Gasteiger partial charge in [0.05, 0.1) is 21.8 Å². The zero-order valence-corrected chi connectivity index (χ0v) is 15.4. The van der Waals surface area contributed by atoms with Gasteiger partial charge in [-0.1, -0.05) is 29.8 Å². The quantitative estimate of drug-likeness (QED) is 0.669. The molecule has 0 aliphatic carbocycles. The summed E-state index contributed by atoms with van der Waals surface area (Å²) < 4.78 is 18.4. The highest BCUT2D eigenvalue weighted by Gasteiger charge is 2.21. The molecule has 1 unspecified atom stereocenters. The lowest BCUT2D eigenvalue weighted by molar-refractivity contribution is -0.123. The van der Waals surface area contributed by atoms with E-state index in [2.05, 4.69) is 10.3 Å². The molecule has 0 aliphatic heterocycles. The number of aryl methyl sites for hydroxylation is 1. The number of halogens is 2. The molecule has 0 saturated carbocycles. The summed E-state index contributed by atoms with van der Waals surface area (Å²) >= 11 is 5.89. The van der Waals surface area contributed by atoms with Crippen LogP contribution in [0.15, 0.2) is 48.5 Å². The van der Waals surface area contributed by atoms with Gasteiger partial charge >= 0.3 is 5.97 Å². The van der Waals surface area contributed by atoms with Crippen LogP contribution >= 0.6 is 11.6 Å². The molecule has 0 fully saturated rings. The Morgan fingerprint density at radius 1 is 1.19 bits per heavy atom. The number of carbonyl (C=O) groups is 2. The first-order chi connectivity index (χ1) is 12.8. The summed E-state index contributed by atoms with van der Waals surface area (Å²) in [5, 5.41) is 3.21. The molecule has 1 amide bonds. The molecule has 1 heterocycles. The van der Waals surface area contributed by atoms with Gasteiger partial charge in [0.25, 0.3) is 5.91 Å². The summed E-state index contributed by atoms with van der Waals surface area (Å²) in [7, 11) is 0. The molecule has 0 saturated heterocycles. The number of pyridine rings is 1. The monoisotopic (exact) mass is 386 g/mol. The number of nitrogens with one attached hydrogen (secondary N) is 1. The van der Waals surface area contributed by atoms with E-state index in [0.29, 0.717) is 22.2 Å². The number of carbonyl (C=O) groups excluding carboxylic acids is 2. The van der Waals surface area contributed by atoms with Crippen LogP contribution in [0.1, 0.15) is 23.0 Å². The van der Waals surface area contributed by atoms with Gasteiger partial charge in [0.1, 0.15) is 5.82 Å². The Bertz CT molecular complexity index is 1040. The molecule has 0 spiro atoms. The third-order valence-electron chi connectivity index (χ3n) is 3.91. The summed E-state index contributed by atoms with van der Waals surface area (Å²) in [6.07, 6.45) is -1.08. The van der Waals surface area contributed by atoms with Crippen molar-refractivity contribution in [3.63, 3.8) is 0 Å². The summed E-state index contributed by atoms with van der Waals surface area (Å²) in [5.74, 6) is -1.73. The third-order valence-corrected chi connectivity index (χ3v) is 4.22. The van der Waals surface area contributed by atoms with Crippen LogP contribution in [0.25, 0.3) is 10.9 Å². The van der Waals surface area contributed by atoms with E-state index in [1.807, 2.05) is 6.07 Å². The lowest BCUT2D eigenvalue weighted by Crippen LogP contribution is -2.30. The lowest BCUT2D eigenvalue weighted by atomic mass is 10.1. The summed E-state index contributed by atoms with van der Waals surface area (Å²) in [4.78, 5) is 29.3. The van der Waals surface area contributed by atoms with E-state index in [-0.39, 0.29) is 10.7 Å². The van der Waals surface area contributed by atoms with Crippen LogP contribution in [0, 0.1) is 12.7 Å². The van der Waals surface area contributed by atoms with Gasteiger partial charge in [0.2, 0.25) is 0 Å². The van der Waals surface area contributed by atoms with Crippen molar-refractivity contribution in [2.24, 2.45) is 0 Å². The Kier molecular flexibility index (Phi) is 5.37. The van der Waals surface area contributed by atoms with E-state index in [1.165, 1.54) is 19.1 Å². The second-order valence-corrected chi connectivity index (χ2v) is 6.40. The standard InChI is InChI=1S/C20H16ClFN2O3/c1-11-9-15(14-5-3-4-6-17(14)23-11)20(26)27-12(2)19(25)24-18-8-7-13(22)10-16(18)21/h3-10,12H,1-2H3,(H,24,25). The smallest absolute Gasteiger partial charge is 0.339 e. The molecule has 0 radical (unpaired) electrons. The van der Waals surface area contributed by atoms with Crippen molar-refractivity contribution in [2.75, 3.05) is 5.32 Å². The highest BCUT2D eigenvalue weighted by atomic mass is 35.5. The van der Waals surface area contributed by atoms with Crippen molar-refractivity contribution >= 4 is 40.1 Å². The first-order valence-electron chi connectivity index (χ1n) is 8.18. The predicted molar refractivity (Wildman–Crippen MR) is 101 cm³/mol. The van der Waals surface area contributed by atoms with E-state index < -0.39 is 23.8 Å². The number of nitrogens with zero attached hydrogens (tertiary/aromatic N) is 1. The molecule has 3 aromatic rings. The highest BCUT2D eigenvalue weighted by molar-refractivity contribution is 6.33. The van der Waals surface area contributed by atoms with Crippen LogP contribution in [-0.2, 0) is 9.53 Å². The third kappa shape index (κ3) is 4.23. The molecule has 1 atom stereocenters. The van der Waals surface area contributed by atoms with Crippen molar-refractivity contribution in [3.8, 4) is 0 Å². The number of anilines is 1. The lowest BCUT2D eigenvalue weighted by Gasteiger charge is -2.15. The average molecular weight is 387 g/mol. The maximum atomic E-state index is 13.1. The molecule has 5 nitrogen and oxygen atoms in total. The van der Waals surface area contributed by atoms with Gasteiger partial charge < -0.3 is 10.1 Å². The zero-order chi connectivity index (χ0) is 19.6. The van der Waals surface area contributed by atoms with Crippen molar-refractivity contribution in [1.82, 2.24) is 4.98 Å². The van der Waals surface area contributed by atoms with Gasteiger partial charge in [-0.3, -0.25) is 9.78 Å². The Hall–Kier alpha value is -2.99. The second-order valence-electron chi connectivity index (χ2n) is 5.99. The topological polar surface area (TPSA) is 68.3 Å². The minimum absolute atomic E-state index is 0.0534. The maximum Gasteiger partial charge on any atom is 0.339 e.